The molecule has 0 radical (unpaired) electrons. The third kappa shape index (κ3) is 3.21. The second kappa shape index (κ2) is 6.11. The molecule has 1 aromatic carbocycles. The monoisotopic (exact) mass is 280 g/mol. The van der Waals surface area contributed by atoms with Crippen molar-refractivity contribution in [2.45, 2.75) is 26.7 Å². The first kappa shape index (κ1) is 14.6. The minimum atomic E-state index is -0.506. The lowest BCUT2D eigenvalue weighted by atomic mass is 10.1. The molecule has 0 atom stereocenters. The fraction of sp³-hybridized carbons (Fsp3) is 0.533. The molecule has 1 aromatic rings. The van der Waals surface area contributed by atoms with E-state index in [-0.39, 0.29) is 17.9 Å². The molecule has 0 unspecified atom stereocenters. The van der Waals surface area contributed by atoms with Crippen molar-refractivity contribution in [3.63, 3.8) is 0 Å². The van der Waals surface area contributed by atoms with Crippen molar-refractivity contribution in [3.05, 3.63) is 23.5 Å². The van der Waals surface area contributed by atoms with Gasteiger partial charge >= 0.3 is 5.97 Å². The van der Waals surface area contributed by atoms with E-state index in [2.05, 4.69) is 0 Å². The van der Waals surface area contributed by atoms with Gasteiger partial charge in [-0.05, 0) is 44.7 Å². The van der Waals surface area contributed by atoms with Crippen LogP contribution < -0.4 is 10.6 Å². The first-order valence-electron chi connectivity index (χ1n) is 7.07. The van der Waals surface area contributed by atoms with Crippen LogP contribution in [0.25, 0.3) is 0 Å². The van der Waals surface area contributed by atoms with Crippen LogP contribution in [0, 0.1) is 11.7 Å². The van der Waals surface area contributed by atoms with Gasteiger partial charge in [0.1, 0.15) is 5.82 Å². The minimum absolute atomic E-state index is 0.118. The number of esters is 1. The maximum Gasteiger partial charge on any atom is 0.340 e. The zero-order valence-corrected chi connectivity index (χ0v) is 12.0. The molecule has 1 aliphatic rings. The largest absolute Gasteiger partial charge is 0.462 e. The molecule has 0 heterocycles. The summed E-state index contributed by atoms with van der Waals surface area (Å²) in [6, 6.07) is 2.71. The summed E-state index contributed by atoms with van der Waals surface area (Å²) >= 11 is 0. The highest BCUT2D eigenvalue weighted by molar-refractivity contribution is 5.96. The molecule has 5 heteroatoms. The number of nitrogen functional groups attached to an aromatic ring is 1. The number of nitrogens with two attached hydrogens (primary N) is 1. The number of carbonyl (C=O) groups excluding carboxylic acids is 1. The standard InChI is InChI=1S/C15H21FN2O2/c1-3-18(9-10-5-6-10)14-7-11(15(19)20-4-2)13(17)8-12(14)16/h7-8,10H,3-6,9,17H2,1-2H3. The topological polar surface area (TPSA) is 55.6 Å². The van der Waals surface area contributed by atoms with Crippen LogP contribution in [0.5, 0.6) is 0 Å². The van der Waals surface area contributed by atoms with Crippen LogP contribution in [0.2, 0.25) is 0 Å². The number of rotatable bonds is 6. The number of anilines is 2. The maximum absolute atomic E-state index is 14.1. The van der Waals surface area contributed by atoms with Crippen LogP contribution in [0.3, 0.4) is 0 Å². The molecule has 2 N–H and O–H groups in total. The van der Waals surface area contributed by atoms with Crippen LogP contribution in [0.4, 0.5) is 15.8 Å². The van der Waals surface area contributed by atoms with E-state index in [1.807, 2.05) is 11.8 Å². The highest BCUT2D eigenvalue weighted by Crippen LogP contribution is 2.33. The van der Waals surface area contributed by atoms with E-state index >= 15 is 0 Å². The summed E-state index contributed by atoms with van der Waals surface area (Å²) < 4.78 is 19.1. The first-order valence-corrected chi connectivity index (χ1v) is 7.07. The molecule has 1 fully saturated rings. The Morgan fingerprint density at radius 3 is 2.70 bits per heavy atom. The Hall–Kier alpha value is -1.78. The molecule has 0 bridgehead atoms. The van der Waals surface area contributed by atoms with Crippen molar-refractivity contribution in [1.82, 2.24) is 0 Å². The van der Waals surface area contributed by atoms with Gasteiger partial charge in [0.05, 0.1) is 17.9 Å². The Labute approximate surface area is 118 Å². The number of halogens is 1. The van der Waals surface area contributed by atoms with E-state index in [1.54, 1.807) is 6.92 Å². The van der Waals surface area contributed by atoms with Crippen LogP contribution in [-0.2, 0) is 4.74 Å². The Bertz CT molecular complexity index is 501. The molecular weight excluding hydrogens is 259 g/mol. The lowest BCUT2D eigenvalue weighted by Gasteiger charge is -2.24. The molecule has 2 rings (SSSR count). The normalized spacial score (nSPS) is 14.2. The lowest BCUT2D eigenvalue weighted by molar-refractivity contribution is 0.0527. The van der Waals surface area contributed by atoms with Crippen LogP contribution in [-0.4, -0.2) is 25.7 Å². The summed E-state index contributed by atoms with van der Waals surface area (Å²) in [5, 5.41) is 0. The third-order valence-corrected chi connectivity index (χ3v) is 3.51. The van der Waals surface area contributed by atoms with Gasteiger partial charge in [0.25, 0.3) is 0 Å². The lowest BCUT2D eigenvalue weighted by Crippen LogP contribution is -2.26. The van der Waals surface area contributed by atoms with Crippen LogP contribution in [0.1, 0.15) is 37.0 Å². The summed E-state index contributed by atoms with van der Waals surface area (Å²) in [5.41, 5.74) is 6.50. The van der Waals surface area contributed by atoms with Crippen molar-refractivity contribution in [2.75, 3.05) is 30.3 Å². The molecule has 1 aliphatic carbocycles. The Morgan fingerprint density at radius 2 is 2.15 bits per heavy atom. The molecule has 4 nitrogen and oxygen atoms in total. The molecule has 110 valence electrons. The van der Waals surface area contributed by atoms with Crippen molar-refractivity contribution in [3.8, 4) is 0 Å². The summed E-state index contributed by atoms with van der Waals surface area (Å²) in [7, 11) is 0. The number of carbonyl (C=O) groups is 1. The van der Waals surface area contributed by atoms with Gasteiger partial charge in [-0.15, -0.1) is 0 Å². The maximum atomic E-state index is 14.1. The van der Waals surface area contributed by atoms with Gasteiger partial charge in [0, 0.05) is 18.8 Å². The number of hydrogen-bond acceptors (Lipinski definition) is 4. The zero-order chi connectivity index (χ0) is 14.7. The fourth-order valence-electron chi connectivity index (χ4n) is 2.22. The van der Waals surface area contributed by atoms with E-state index in [4.69, 9.17) is 10.5 Å². The average molecular weight is 280 g/mol. The Morgan fingerprint density at radius 1 is 1.45 bits per heavy atom. The van der Waals surface area contributed by atoms with Crippen LogP contribution >= 0.6 is 0 Å². The number of ether oxygens (including phenoxy) is 1. The predicted octanol–water partition coefficient (Wildman–Crippen LogP) is 2.82. The van der Waals surface area contributed by atoms with Gasteiger partial charge < -0.3 is 15.4 Å². The first-order chi connectivity index (χ1) is 9.56. The van der Waals surface area contributed by atoms with Crippen molar-refractivity contribution >= 4 is 17.3 Å². The van der Waals surface area contributed by atoms with E-state index < -0.39 is 11.8 Å². The second-order valence-corrected chi connectivity index (χ2v) is 5.09. The smallest absolute Gasteiger partial charge is 0.340 e. The molecule has 0 aromatic heterocycles. The van der Waals surface area contributed by atoms with E-state index in [9.17, 15) is 9.18 Å². The predicted molar refractivity (Wildman–Crippen MR) is 77.4 cm³/mol. The van der Waals surface area contributed by atoms with Crippen molar-refractivity contribution in [2.24, 2.45) is 5.92 Å². The summed E-state index contributed by atoms with van der Waals surface area (Å²) in [6.45, 7) is 5.48. The number of benzene rings is 1. The minimum Gasteiger partial charge on any atom is -0.462 e. The van der Waals surface area contributed by atoms with Gasteiger partial charge in [-0.2, -0.15) is 0 Å². The van der Waals surface area contributed by atoms with Gasteiger partial charge in [0.15, 0.2) is 0 Å². The van der Waals surface area contributed by atoms with Crippen LogP contribution in [0.15, 0.2) is 12.1 Å². The summed E-state index contributed by atoms with van der Waals surface area (Å²) in [4.78, 5) is 13.8. The summed E-state index contributed by atoms with van der Waals surface area (Å²) in [5.74, 6) is -0.260. The summed E-state index contributed by atoms with van der Waals surface area (Å²) in [6.07, 6.45) is 2.38. The fourth-order valence-corrected chi connectivity index (χ4v) is 2.22. The van der Waals surface area contributed by atoms with Gasteiger partial charge in [-0.3, -0.25) is 0 Å². The van der Waals surface area contributed by atoms with E-state index in [1.165, 1.54) is 25.0 Å². The highest BCUT2D eigenvalue weighted by Gasteiger charge is 2.26. The van der Waals surface area contributed by atoms with E-state index in [0.717, 1.165) is 6.54 Å². The second-order valence-electron chi connectivity index (χ2n) is 5.09. The molecule has 0 amide bonds. The molecule has 0 saturated heterocycles. The average Bonchev–Trinajstić information content (AvgIpc) is 3.21. The number of hydrogen-bond donors (Lipinski definition) is 1. The Kier molecular flexibility index (Phi) is 4.47. The van der Waals surface area contributed by atoms with Gasteiger partial charge in [-0.25, -0.2) is 9.18 Å². The van der Waals surface area contributed by atoms with Crippen molar-refractivity contribution in [1.29, 1.82) is 0 Å². The molecule has 0 spiro atoms. The van der Waals surface area contributed by atoms with Gasteiger partial charge in [-0.1, -0.05) is 0 Å². The third-order valence-electron chi connectivity index (χ3n) is 3.51. The molecule has 20 heavy (non-hydrogen) atoms. The van der Waals surface area contributed by atoms with Crippen molar-refractivity contribution < 1.29 is 13.9 Å². The molecular formula is C15H21FN2O2. The SMILES string of the molecule is CCOC(=O)c1cc(N(CC)CC2CC2)c(F)cc1N. The van der Waals surface area contributed by atoms with E-state index in [0.29, 0.717) is 18.2 Å². The quantitative estimate of drug-likeness (QED) is 0.643. The molecule has 0 aliphatic heterocycles. The highest BCUT2D eigenvalue weighted by atomic mass is 19.1. The zero-order valence-electron chi connectivity index (χ0n) is 12.0. The molecule has 1 saturated carbocycles. The Balaban J connectivity index is 2.30. The van der Waals surface area contributed by atoms with Gasteiger partial charge in [0.2, 0.25) is 0 Å². The number of nitrogens with zero attached hydrogens (tertiary/aromatic N) is 1.